The molecule has 5 nitrogen and oxygen atoms in total. The second-order valence-corrected chi connectivity index (χ2v) is 5.09. The van der Waals surface area contributed by atoms with E-state index in [1.807, 2.05) is 6.92 Å². The Morgan fingerprint density at radius 1 is 1.19 bits per heavy atom. The van der Waals surface area contributed by atoms with Crippen LogP contribution in [-0.4, -0.2) is 43.4 Å². The van der Waals surface area contributed by atoms with Crippen molar-refractivity contribution in [3.63, 3.8) is 0 Å². The van der Waals surface area contributed by atoms with Gasteiger partial charge in [-0.2, -0.15) is 0 Å². The Bertz CT molecular complexity index is 268. The summed E-state index contributed by atoms with van der Waals surface area (Å²) in [6.07, 6.45) is 2.04. The highest BCUT2D eigenvalue weighted by atomic mass is 16.5. The molecule has 0 saturated carbocycles. The van der Waals surface area contributed by atoms with Crippen LogP contribution < -0.4 is 11.1 Å². The maximum absolute atomic E-state index is 12.1. The van der Waals surface area contributed by atoms with Crippen LogP contribution in [0.4, 0.5) is 0 Å². The first-order valence-electron chi connectivity index (χ1n) is 5.81. The zero-order valence-corrected chi connectivity index (χ0v) is 9.75. The molecule has 0 aliphatic carbocycles. The lowest BCUT2D eigenvalue weighted by Gasteiger charge is -2.35. The van der Waals surface area contributed by atoms with Crippen molar-refractivity contribution in [3.05, 3.63) is 0 Å². The summed E-state index contributed by atoms with van der Waals surface area (Å²) in [6, 6.07) is 0. The smallest absolute Gasteiger partial charge is 0.240 e. The van der Waals surface area contributed by atoms with Crippen molar-refractivity contribution in [1.29, 1.82) is 0 Å². The van der Waals surface area contributed by atoms with Gasteiger partial charge in [-0.05, 0) is 26.2 Å². The zero-order chi connectivity index (χ0) is 11.6. The highest BCUT2D eigenvalue weighted by Gasteiger charge is 2.40. The van der Waals surface area contributed by atoms with Crippen molar-refractivity contribution in [1.82, 2.24) is 5.32 Å². The van der Waals surface area contributed by atoms with Crippen LogP contribution in [0.1, 0.15) is 26.2 Å². The van der Waals surface area contributed by atoms with E-state index < -0.39 is 5.54 Å². The van der Waals surface area contributed by atoms with Gasteiger partial charge in [0.2, 0.25) is 5.91 Å². The second kappa shape index (κ2) is 4.31. The van der Waals surface area contributed by atoms with E-state index >= 15 is 0 Å². The average molecular weight is 228 g/mol. The molecule has 1 amide bonds. The molecule has 3 N–H and O–H groups in total. The van der Waals surface area contributed by atoms with Gasteiger partial charge in [-0.1, -0.05) is 0 Å². The topological polar surface area (TPSA) is 73.6 Å². The van der Waals surface area contributed by atoms with Gasteiger partial charge in [-0.25, -0.2) is 0 Å². The Hall–Kier alpha value is -0.650. The van der Waals surface area contributed by atoms with Gasteiger partial charge in [-0.15, -0.1) is 0 Å². The summed E-state index contributed by atoms with van der Waals surface area (Å²) in [5, 5.41) is 3.02. The number of ether oxygens (including phenoxy) is 2. The molecule has 0 spiro atoms. The van der Waals surface area contributed by atoms with Crippen LogP contribution in [-0.2, 0) is 14.3 Å². The van der Waals surface area contributed by atoms with Gasteiger partial charge in [0, 0.05) is 19.8 Å². The largest absolute Gasteiger partial charge is 0.381 e. The third-order valence-corrected chi connectivity index (χ3v) is 3.47. The standard InChI is InChI=1S/C11H20N2O3/c1-10(2-5-16-8-10)13-9(14)11(12)3-6-15-7-4-11/h2-8,12H2,1H3,(H,13,14). The van der Waals surface area contributed by atoms with Gasteiger partial charge >= 0.3 is 0 Å². The minimum Gasteiger partial charge on any atom is -0.381 e. The molecule has 2 fully saturated rings. The number of hydrogen-bond donors (Lipinski definition) is 2. The van der Waals surface area contributed by atoms with Crippen molar-refractivity contribution in [2.24, 2.45) is 5.73 Å². The second-order valence-electron chi connectivity index (χ2n) is 5.09. The number of carbonyl (C=O) groups excluding carboxylic acids is 1. The SMILES string of the molecule is CC1(NC(=O)C2(N)CCOCC2)CCOC1. The average Bonchev–Trinajstić information content (AvgIpc) is 2.66. The van der Waals surface area contributed by atoms with E-state index in [1.165, 1.54) is 0 Å². The monoisotopic (exact) mass is 228 g/mol. The molecule has 92 valence electrons. The van der Waals surface area contributed by atoms with Crippen LogP contribution in [0.15, 0.2) is 0 Å². The van der Waals surface area contributed by atoms with E-state index in [-0.39, 0.29) is 11.4 Å². The maximum atomic E-state index is 12.1. The molecule has 2 rings (SSSR count). The van der Waals surface area contributed by atoms with E-state index in [4.69, 9.17) is 15.2 Å². The number of amides is 1. The minimum atomic E-state index is -0.760. The van der Waals surface area contributed by atoms with Crippen molar-refractivity contribution in [3.8, 4) is 0 Å². The van der Waals surface area contributed by atoms with Crippen LogP contribution in [0.25, 0.3) is 0 Å². The number of nitrogens with one attached hydrogen (secondary N) is 1. The molecule has 5 heteroatoms. The number of hydrogen-bond acceptors (Lipinski definition) is 4. The van der Waals surface area contributed by atoms with Crippen molar-refractivity contribution in [2.75, 3.05) is 26.4 Å². The molecular formula is C11H20N2O3. The minimum absolute atomic E-state index is 0.0659. The first kappa shape index (κ1) is 11.8. The number of nitrogens with two attached hydrogens (primary N) is 1. The van der Waals surface area contributed by atoms with Gasteiger partial charge in [0.25, 0.3) is 0 Å². The van der Waals surface area contributed by atoms with Crippen LogP contribution in [0, 0.1) is 0 Å². The molecule has 1 unspecified atom stereocenters. The van der Waals surface area contributed by atoms with Crippen LogP contribution in [0.3, 0.4) is 0 Å². The first-order valence-corrected chi connectivity index (χ1v) is 5.81. The summed E-state index contributed by atoms with van der Waals surface area (Å²) >= 11 is 0. The van der Waals surface area contributed by atoms with Crippen molar-refractivity contribution in [2.45, 2.75) is 37.3 Å². The highest BCUT2D eigenvalue weighted by Crippen LogP contribution is 2.22. The van der Waals surface area contributed by atoms with E-state index in [0.29, 0.717) is 39.3 Å². The van der Waals surface area contributed by atoms with Gasteiger partial charge in [0.05, 0.1) is 17.7 Å². The molecule has 0 aromatic heterocycles. The van der Waals surface area contributed by atoms with Gasteiger partial charge in [0.15, 0.2) is 0 Å². The fourth-order valence-corrected chi connectivity index (χ4v) is 2.13. The van der Waals surface area contributed by atoms with Crippen LogP contribution >= 0.6 is 0 Å². The summed E-state index contributed by atoms with van der Waals surface area (Å²) < 4.78 is 10.5. The Morgan fingerprint density at radius 2 is 1.81 bits per heavy atom. The molecule has 1 atom stereocenters. The van der Waals surface area contributed by atoms with Gasteiger partial charge < -0.3 is 20.5 Å². The summed E-state index contributed by atoms with van der Waals surface area (Å²) in [6.45, 7) is 4.41. The molecule has 16 heavy (non-hydrogen) atoms. The lowest BCUT2D eigenvalue weighted by atomic mass is 9.88. The molecule has 2 aliphatic heterocycles. The Balaban J connectivity index is 1.96. The fourth-order valence-electron chi connectivity index (χ4n) is 2.13. The third-order valence-electron chi connectivity index (χ3n) is 3.47. The van der Waals surface area contributed by atoms with E-state index in [0.717, 1.165) is 6.42 Å². The molecular weight excluding hydrogens is 208 g/mol. The fraction of sp³-hybridized carbons (Fsp3) is 0.909. The molecule has 0 radical (unpaired) electrons. The molecule has 0 aromatic carbocycles. The van der Waals surface area contributed by atoms with Crippen LogP contribution in [0.2, 0.25) is 0 Å². The van der Waals surface area contributed by atoms with Crippen molar-refractivity contribution >= 4 is 5.91 Å². The summed E-state index contributed by atoms with van der Waals surface area (Å²) in [5.74, 6) is -0.0659. The normalized spacial score (nSPS) is 33.6. The summed E-state index contributed by atoms with van der Waals surface area (Å²) in [7, 11) is 0. The zero-order valence-electron chi connectivity index (χ0n) is 9.75. The Labute approximate surface area is 95.7 Å². The lowest BCUT2D eigenvalue weighted by molar-refractivity contribution is -0.131. The quantitative estimate of drug-likeness (QED) is 0.686. The van der Waals surface area contributed by atoms with Crippen LogP contribution in [0.5, 0.6) is 0 Å². The predicted octanol–water partition coefficient (Wildman–Crippen LogP) is -0.211. The predicted molar refractivity (Wildman–Crippen MR) is 59.0 cm³/mol. The van der Waals surface area contributed by atoms with E-state index in [1.54, 1.807) is 0 Å². The van der Waals surface area contributed by atoms with Gasteiger partial charge in [-0.3, -0.25) is 4.79 Å². The van der Waals surface area contributed by atoms with E-state index in [9.17, 15) is 4.79 Å². The molecule has 2 heterocycles. The number of carbonyl (C=O) groups is 1. The molecule has 2 saturated heterocycles. The highest BCUT2D eigenvalue weighted by molar-refractivity contribution is 5.86. The van der Waals surface area contributed by atoms with Crippen molar-refractivity contribution < 1.29 is 14.3 Å². The lowest BCUT2D eigenvalue weighted by Crippen LogP contribution is -2.61. The molecule has 2 aliphatic rings. The Morgan fingerprint density at radius 3 is 2.38 bits per heavy atom. The Kier molecular flexibility index (Phi) is 3.19. The van der Waals surface area contributed by atoms with E-state index in [2.05, 4.69) is 5.32 Å². The maximum Gasteiger partial charge on any atom is 0.240 e. The molecule has 0 bridgehead atoms. The summed E-state index contributed by atoms with van der Waals surface area (Å²) in [4.78, 5) is 12.1. The first-order chi connectivity index (χ1) is 7.54. The molecule has 0 aromatic rings. The number of rotatable bonds is 2. The summed E-state index contributed by atoms with van der Waals surface area (Å²) in [5.41, 5.74) is 5.10. The third kappa shape index (κ3) is 2.36. The van der Waals surface area contributed by atoms with Gasteiger partial charge in [0.1, 0.15) is 0 Å².